The summed E-state index contributed by atoms with van der Waals surface area (Å²) in [5.41, 5.74) is 0. The molecule has 0 bridgehead atoms. The molecule has 0 saturated carbocycles. The third-order valence-corrected chi connectivity index (χ3v) is 4.67. The molecule has 0 saturated heterocycles. The zero-order valence-electron chi connectivity index (χ0n) is 11.0. The smallest absolute Gasteiger partial charge is 0.241 e. The number of anilines is 1. The minimum atomic E-state index is -3.55. The van der Waals surface area contributed by atoms with Gasteiger partial charge in [-0.15, -0.1) is 11.3 Å². The lowest BCUT2D eigenvalue weighted by atomic mass is 10.4. The highest BCUT2D eigenvalue weighted by molar-refractivity contribution is 7.89. The fraction of sp³-hybridized carbons (Fsp3) is 0.333. The van der Waals surface area contributed by atoms with E-state index < -0.39 is 10.0 Å². The van der Waals surface area contributed by atoms with Gasteiger partial charge in [0, 0.05) is 30.4 Å². The van der Waals surface area contributed by atoms with E-state index in [1.807, 2.05) is 12.3 Å². The highest BCUT2D eigenvalue weighted by Gasteiger charge is 2.15. The molecule has 6 nitrogen and oxygen atoms in total. The van der Waals surface area contributed by atoms with Crippen LogP contribution in [0.4, 0.5) is 5.82 Å². The largest absolute Gasteiger partial charge is 0.370 e. The van der Waals surface area contributed by atoms with E-state index in [0.717, 1.165) is 18.0 Å². The van der Waals surface area contributed by atoms with Gasteiger partial charge >= 0.3 is 0 Å². The molecular formula is C12H16N4O2S2. The number of pyridine rings is 1. The fourth-order valence-electron chi connectivity index (χ4n) is 1.51. The summed E-state index contributed by atoms with van der Waals surface area (Å²) in [6.45, 7) is 2.98. The van der Waals surface area contributed by atoms with E-state index in [-0.39, 0.29) is 11.4 Å². The maximum absolute atomic E-state index is 12.2. The molecule has 2 heterocycles. The first-order chi connectivity index (χ1) is 9.62. The molecule has 0 aliphatic heterocycles. The zero-order valence-corrected chi connectivity index (χ0v) is 12.7. The van der Waals surface area contributed by atoms with Gasteiger partial charge in [0.05, 0.1) is 11.4 Å². The summed E-state index contributed by atoms with van der Waals surface area (Å²) in [7, 11) is -3.55. The standard InChI is InChI=1S/C12H16N4O2S2/c1-2-4-13-11-8-10(3-5-14-11)20(17,18)16-9-12-15-6-7-19-12/h3,5-8,16H,2,4,9H2,1H3,(H,13,14). The average molecular weight is 312 g/mol. The van der Waals surface area contributed by atoms with E-state index in [2.05, 4.69) is 20.0 Å². The van der Waals surface area contributed by atoms with Gasteiger partial charge < -0.3 is 5.32 Å². The van der Waals surface area contributed by atoms with Crippen LogP contribution in [0.1, 0.15) is 18.4 Å². The quantitative estimate of drug-likeness (QED) is 0.815. The van der Waals surface area contributed by atoms with Crippen LogP contribution in [0.5, 0.6) is 0 Å². The molecule has 0 amide bonds. The van der Waals surface area contributed by atoms with Gasteiger partial charge in [-0.05, 0) is 12.5 Å². The van der Waals surface area contributed by atoms with Gasteiger partial charge in [0.1, 0.15) is 10.8 Å². The topological polar surface area (TPSA) is 84.0 Å². The van der Waals surface area contributed by atoms with Crippen LogP contribution in [0.25, 0.3) is 0 Å². The van der Waals surface area contributed by atoms with Crippen molar-refractivity contribution in [1.82, 2.24) is 14.7 Å². The average Bonchev–Trinajstić information content (AvgIpc) is 2.97. The van der Waals surface area contributed by atoms with Crippen LogP contribution in [0.2, 0.25) is 0 Å². The normalized spacial score (nSPS) is 11.4. The Bertz CT molecular complexity index is 641. The highest BCUT2D eigenvalue weighted by Crippen LogP contribution is 2.13. The number of hydrogen-bond donors (Lipinski definition) is 2. The summed E-state index contributed by atoms with van der Waals surface area (Å²) in [5, 5.41) is 5.60. The first-order valence-electron chi connectivity index (χ1n) is 6.20. The summed E-state index contributed by atoms with van der Waals surface area (Å²) >= 11 is 1.41. The summed E-state index contributed by atoms with van der Waals surface area (Å²) in [6.07, 6.45) is 4.07. The Morgan fingerprint density at radius 2 is 2.15 bits per heavy atom. The summed E-state index contributed by atoms with van der Waals surface area (Å²) < 4.78 is 26.9. The van der Waals surface area contributed by atoms with E-state index in [1.54, 1.807) is 6.20 Å². The number of rotatable bonds is 7. The third-order valence-electron chi connectivity index (χ3n) is 2.49. The predicted molar refractivity (Wildman–Crippen MR) is 79.2 cm³/mol. The molecule has 0 aliphatic carbocycles. The van der Waals surface area contributed by atoms with Gasteiger partial charge in [-0.25, -0.2) is 23.1 Å². The predicted octanol–water partition coefficient (Wildman–Crippen LogP) is 1.84. The second kappa shape index (κ2) is 6.78. The monoisotopic (exact) mass is 312 g/mol. The second-order valence-electron chi connectivity index (χ2n) is 4.05. The lowest BCUT2D eigenvalue weighted by molar-refractivity contribution is 0.581. The van der Waals surface area contributed by atoms with Crippen molar-refractivity contribution < 1.29 is 8.42 Å². The Morgan fingerprint density at radius 1 is 1.30 bits per heavy atom. The molecule has 108 valence electrons. The van der Waals surface area contributed by atoms with Gasteiger partial charge in [0.2, 0.25) is 10.0 Å². The van der Waals surface area contributed by atoms with Crippen molar-refractivity contribution in [1.29, 1.82) is 0 Å². The van der Waals surface area contributed by atoms with E-state index in [1.165, 1.54) is 29.7 Å². The lowest BCUT2D eigenvalue weighted by Crippen LogP contribution is -2.23. The fourth-order valence-corrected chi connectivity index (χ4v) is 3.16. The van der Waals surface area contributed by atoms with Crippen LogP contribution in [-0.2, 0) is 16.6 Å². The van der Waals surface area contributed by atoms with Crippen LogP contribution in [0.3, 0.4) is 0 Å². The Morgan fingerprint density at radius 3 is 2.85 bits per heavy atom. The van der Waals surface area contributed by atoms with E-state index >= 15 is 0 Å². The van der Waals surface area contributed by atoms with E-state index in [4.69, 9.17) is 0 Å². The van der Waals surface area contributed by atoms with Crippen LogP contribution < -0.4 is 10.0 Å². The van der Waals surface area contributed by atoms with E-state index in [0.29, 0.717) is 5.82 Å². The van der Waals surface area contributed by atoms with Crippen molar-refractivity contribution >= 4 is 27.2 Å². The number of thiazole rings is 1. The minimum absolute atomic E-state index is 0.194. The van der Waals surface area contributed by atoms with Crippen molar-refractivity contribution in [3.8, 4) is 0 Å². The molecule has 0 unspecified atom stereocenters. The molecule has 20 heavy (non-hydrogen) atoms. The van der Waals surface area contributed by atoms with Gasteiger partial charge in [-0.2, -0.15) is 0 Å². The number of nitrogens with one attached hydrogen (secondary N) is 2. The summed E-state index contributed by atoms with van der Waals surface area (Å²) in [5.74, 6) is 0.559. The number of hydrogen-bond acceptors (Lipinski definition) is 6. The molecule has 0 aromatic carbocycles. The molecule has 2 aromatic rings. The van der Waals surface area contributed by atoms with Gasteiger partial charge in [0.25, 0.3) is 0 Å². The number of aromatic nitrogens is 2. The maximum Gasteiger partial charge on any atom is 0.241 e. The number of sulfonamides is 1. The molecule has 0 spiro atoms. The van der Waals surface area contributed by atoms with Crippen LogP contribution in [0, 0.1) is 0 Å². The molecule has 0 fully saturated rings. The van der Waals surface area contributed by atoms with Crippen molar-refractivity contribution in [2.45, 2.75) is 24.8 Å². The molecule has 0 radical (unpaired) electrons. The number of nitrogens with zero attached hydrogens (tertiary/aromatic N) is 2. The minimum Gasteiger partial charge on any atom is -0.370 e. The van der Waals surface area contributed by atoms with Crippen LogP contribution >= 0.6 is 11.3 Å². The zero-order chi connectivity index (χ0) is 14.4. The Kier molecular flexibility index (Phi) is 5.05. The molecule has 0 aliphatic rings. The first-order valence-corrected chi connectivity index (χ1v) is 8.56. The van der Waals surface area contributed by atoms with Crippen LogP contribution in [-0.4, -0.2) is 24.9 Å². The van der Waals surface area contributed by atoms with E-state index in [9.17, 15) is 8.42 Å². The highest BCUT2D eigenvalue weighted by atomic mass is 32.2. The van der Waals surface area contributed by atoms with Gasteiger partial charge in [-0.1, -0.05) is 6.92 Å². The van der Waals surface area contributed by atoms with Gasteiger partial charge in [-0.3, -0.25) is 0 Å². The molecule has 8 heteroatoms. The van der Waals surface area contributed by atoms with Crippen molar-refractivity contribution in [2.75, 3.05) is 11.9 Å². The molecule has 0 atom stereocenters. The summed E-state index contributed by atoms with van der Waals surface area (Å²) in [4.78, 5) is 8.32. The maximum atomic E-state index is 12.2. The molecule has 2 rings (SSSR count). The van der Waals surface area contributed by atoms with Gasteiger partial charge in [0.15, 0.2) is 0 Å². The van der Waals surface area contributed by atoms with Crippen molar-refractivity contribution in [3.63, 3.8) is 0 Å². The lowest BCUT2D eigenvalue weighted by Gasteiger charge is -2.08. The summed E-state index contributed by atoms with van der Waals surface area (Å²) in [6, 6.07) is 3.00. The molecule has 2 aromatic heterocycles. The second-order valence-corrected chi connectivity index (χ2v) is 6.80. The molecule has 2 N–H and O–H groups in total. The first kappa shape index (κ1) is 14.9. The Labute approximate surface area is 122 Å². The third kappa shape index (κ3) is 3.99. The Hall–Kier alpha value is -1.51. The van der Waals surface area contributed by atoms with Crippen molar-refractivity contribution in [3.05, 3.63) is 34.9 Å². The Balaban J connectivity index is 2.08. The van der Waals surface area contributed by atoms with Crippen molar-refractivity contribution in [2.24, 2.45) is 0 Å². The SMILES string of the molecule is CCCNc1cc(S(=O)(=O)NCc2nccs2)ccn1. The van der Waals surface area contributed by atoms with Crippen LogP contribution in [0.15, 0.2) is 34.8 Å². The molecular weight excluding hydrogens is 296 g/mol.